The van der Waals surface area contributed by atoms with Gasteiger partial charge in [0.25, 0.3) is 5.88 Å². The Balaban J connectivity index is 1.55. The van der Waals surface area contributed by atoms with Gasteiger partial charge in [-0.25, -0.2) is 0 Å². The van der Waals surface area contributed by atoms with Gasteiger partial charge in [-0.2, -0.15) is 0 Å². The van der Waals surface area contributed by atoms with Gasteiger partial charge in [-0.15, -0.1) is 6.58 Å². The topological polar surface area (TPSA) is 42.4 Å². The normalized spacial score (nSPS) is 27.4. The quantitative estimate of drug-likeness (QED) is 0.309. The van der Waals surface area contributed by atoms with Crippen LogP contribution in [0.5, 0.6) is 5.75 Å². The van der Waals surface area contributed by atoms with E-state index < -0.39 is 0 Å². The number of quaternary nitrogens is 1. The first kappa shape index (κ1) is 20.8. The van der Waals surface area contributed by atoms with E-state index in [2.05, 4.69) is 29.8 Å². The van der Waals surface area contributed by atoms with Gasteiger partial charge in [0.05, 0.1) is 25.7 Å². The third kappa shape index (κ3) is 3.59. The summed E-state index contributed by atoms with van der Waals surface area (Å²) >= 11 is 0. The fraction of sp³-hybridized carbons (Fsp3) is 0.321. The van der Waals surface area contributed by atoms with E-state index in [0.29, 0.717) is 28.2 Å². The first-order valence-corrected chi connectivity index (χ1v) is 11.5. The maximum atomic E-state index is 11.5. The minimum Gasteiger partial charge on any atom is -0.497 e. The molecule has 3 unspecified atom stereocenters. The summed E-state index contributed by atoms with van der Waals surface area (Å²) in [4.78, 5) is 4.56. The van der Waals surface area contributed by atoms with Crippen LogP contribution in [-0.2, 0) is 6.42 Å². The molecular weight excluding hydrogens is 396 g/mol. The number of hydrogen-bond acceptors (Lipinski definition) is 3. The maximum absolute atomic E-state index is 11.5. The molecular formula is C28H31N2O2+. The Morgan fingerprint density at radius 2 is 2.06 bits per heavy atom. The maximum Gasteiger partial charge on any atom is 0.289 e. The Hall–Kier alpha value is -3.11. The predicted octanol–water partition coefficient (Wildman–Crippen LogP) is 5.75. The van der Waals surface area contributed by atoms with Crippen molar-refractivity contribution in [1.82, 2.24) is 4.98 Å². The van der Waals surface area contributed by atoms with Gasteiger partial charge in [-0.1, -0.05) is 36.4 Å². The summed E-state index contributed by atoms with van der Waals surface area (Å²) in [5, 5.41) is 12.7. The number of fused-ring (bicyclic) bond motifs is 4. The minimum atomic E-state index is 0.321. The number of piperidine rings is 3. The lowest BCUT2D eigenvalue weighted by molar-refractivity contribution is -0.947. The molecule has 2 bridgehead atoms. The largest absolute Gasteiger partial charge is 0.497 e. The third-order valence-corrected chi connectivity index (χ3v) is 7.66. The van der Waals surface area contributed by atoms with Gasteiger partial charge in [0.15, 0.2) is 0 Å². The molecule has 3 aliphatic heterocycles. The van der Waals surface area contributed by atoms with Crippen LogP contribution in [-0.4, -0.2) is 40.8 Å². The average molecular weight is 428 g/mol. The van der Waals surface area contributed by atoms with Crippen LogP contribution < -0.4 is 4.74 Å². The number of aromatic nitrogens is 1. The summed E-state index contributed by atoms with van der Waals surface area (Å²) in [6.07, 6.45) is 9.10. The Labute approximate surface area is 190 Å². The number of methoxy groups -OCH3 is 1. The second kappa shape index (κ2) is 8.44. The molecule has 0 spiro atoms. The number of benzene rings is 2. The van der Waals surface area contributed by atoms with Crippen LogP contribution in [0.4, 0.5) is 0 Å². The fourth-order valence-electron chi connectivity index (χ4n) is 5.89. The van der Waals surface area contributed by atoms with Crippen molar-refractivity contribution in [3.05, 3.63) is 90.5 Å². The Kier molecular flexibility index (Phi) is 5.48. The molecule has 0 radical (unpaired) electrons. The molecule has 0 saturated carbocycles. The second-order valence-corrected chi connectivity index (χ2v) is 9.25. The van der Waals surface area contributed by atoms with E-state index in [1.807, 2.05) is 54.7 Å². The van der Waals surface area contributed by atoms with Crippen LogP contribution in [0.15, 0.2) is 79.3 Å². The number of aliphatic hydroxyl groups is 1. The molecule has 3 saturated heterocycles. The van der Waals surface area contributed by atoms with Crippen molar-refractivity contribution in [2.24, 2.45) is 11.8 Å². The number of pyridine rings is 1. The van der Waals surface area contributed by atoms with Crippen LogP contribution in [0.2, 0.25) is 0 Å². The van der Waals surface area contributed by atoms with E-state index >= 15 is 0 Å². The molecule has 6 rings (SSSR count). The summed E-state index contributed by atoms with van der Waals surface area (Å²) in [6, 6.07) is 18.7. The monoisotopic (exact) mass is 427 g/mol. The molecule has 3 aromatic rings. The highest BCUT2D eigenvalue weighted by atomic mass is 16.5. The number of ether oxygens (including phenoxy) is 1. The summed E-state index contributed by atoms with van der Waals surface area (Å²) < 4.78 is 6.11. The predicted molar refractivity (Wildman–Crippen MR) is 129 cm³/mol. The molecule has 4 nitrogen and oxygen atoms in total. The molecule has 1 aromatic heterocycles. The number of aliphatic hydroxyl groups excluding tert-OH is 1. The Bertz CT molecular complexity index is 1160. The fourth-order valence-corrected chi connectivity index (χ4v) is 5.89. The summed E-state index contributed by atoms with van der Waals surface area (Å²) in [5.74, 6) is 2.41. The van der Waals surface area contributed by atoms with E-state index in [9.17, 15) is 5.11 Å². The van der Waals surface area contributed by atoms with Crippen molar-refractivity contribution in [1.29, 1.82) is 0 Å². The van der Waals surface area contributed by atoms with Crippen LogP contribution in [0.1, 0.15) is 24.0 Å². The highest BCUT2D eigenvalue weighted by molar-refractivity contribution is 5.83. The standard InChI is InChI=1S/C28H30N2O2/c1-3-21-19-30(28(31)15-20-7-5-4-6-8-20)14-12-22(21)16-24(30)17-23-11-13-29-27-10-9-25(32-2)18-26(23)27/h3-11,13,15,18,21-22,24H,1,12,14,16-17,19H2,2H3/p+1/b28-15-/t21?,22?,24-,30?/m0/s1. The van der Waals surface area contributed by atoms with E-state index in [1.165, 1.54) is 5.56 Å². The molecule has 164 valence electrons. The SMILES string of the molecule is C=CC1C[N+]2(/C(O)=C/c3ccccc3)CCC1C[C@H]2Cc1ccnc2ccc(OC)cc12. The molecule has 3 fully saturated rings. The van der Waals surface area contributed by atoms with Crippen molar-refractivity contribution >= 4 is 17.0 Å². The summed E-state index contributed by atoms with van der Waals surface area (Å²) in [6.45, 7) is 6.00. The van der Waals surface area contributed by atoms with E-state index in [0.717, 1.165) is 54.6 Å². The molecule has 4 heteroatoms. The van der Waals surface area contributed by atoms with Gasteiger partial charge in [0, 0.05) is 42.8 Å². The second-order valence-electron chi connectivity index (χ2n) is 9.25. The van der Waals surface area contributed by atoms with Gasteiger partial charge in [0.1, 0.15) is 11.8 Å². The molecule has 4 atom stereocenters. The smallest absolute Gasteiger partial charge is 0.289 e. The number of hydrogen-bond donors (Lipinski definition) is 1. The summed E-state index contributed by atoms with van der Waals surface area (Å²) in [5.41, 5.74) is 3.30. The van der Waals surface area contributed by atoms with Crippen LogP contribution in [0, 0.1) is 11.8 Å². The Morgan fingerprint density at radius 3 is 2.84 bits per heavy atom. The Morgan fingerprint density at radius 1 is 1.22 bits per heavy atom. The van der Waals surface area contributed by atoms with Crippen LogP contribution in [0.25, 0.3) is 17.0 Å². The molecule has 4 heterocycles. The third-order valence-electron chi connectivity index (χ3n) is 7.66. The molecule has 0 amide bonds. The summed E-state index contributed by atoms with van der Waals surface area (Å²) in [7, 11) is 1.70. The van der Waals surface area contributed by atoms with Gasteiger partial charge in [-0.3, -0.25) is 9.47 Å². The van der Waals surface area contributed by atoms with Crippen molar-refractivity contribution in [2.75, 3.05) is 20.2 Å². The highest BCUT2D eigenvalue weighted by Crippen LogP contribution is 2.46. The minimum absolute atomic E-state index is 0.321. The zero-order chi connectivity index (χ0) is 22.1. The lowest BCUT2D eigenvalue weighted by atomic mass is 9.72. The lowest BCUT2D eigenvalue weighted by Crippen LogP contribution is -2.66. The van der Waals surface area contributed by atoms with Crippen molar-refractivity contribution < 1.29 is 14.3 Å². The zero-order valence-electron chi connectivity index (χ0n) is 18.7. The van der Waals surface area contributed by atoms with Crippen LogP contribution >= 0.6 is 0 Å². The molecule has 32 heavy (non-hydrogen) atoms. The van der Waals surface area contributed by atoms with Crippen molar-refractivity contribution in [2.45, 2.75) is 25.3 Å². The highest BCUT2D eigenvalue weighted by Gasteiger charge is 2.53. The van der Waals surface area contributed by atoms with Crippen molar-refractivity contribution in [3.63, 3.8) is 0 Å². The first-order valence-electron chi connectivity index (χ1n) is 11.5. The van der Waals surface area contributed by atoms with Gasteiger partial charge < -0.3 is 9.84 Å². The molecule has 3 aliphatic rings. The zero-order valence-corrected chi connectivity index (χ0v) is 18.7. The molecule has 1 N–H and O–H groups in total. The van der Waals surface area contributed by atoms with Crippen LogP contribution in [0.3, 0.4) is 0 Å². The van der Waals surface area contributed by atoms with Gasteiger partial charge in [0.2, 0.25) is 0 Å². The lowest BCUT2D eigenvalue weighted by Gasteiger charge is -2.55. The number of nitrogens with zero attached hydrogens (tertiary/aromatic N) is 2. The van der Waals surface area contributed by atoms with Gasteiger partial charge >= 0.3 is 0 Å². The molecule has 2 aromatic carbocycles. The number of rotatable bonds is 6. The van der Waals surface area contributed by atoms with Gasteiger partial charge in [-0.05, 0) is 41.3 Å². The van der Waals surface area contributed by atoms with E-state index in [1.54, 1.807) is 7.11 Å². The first-order chi connectivity index (χ1) is 15.6. The van der Waals surface area contributed by atoms with Crippen molar-refractivity contribution in [3.8, 4) is 5.75 Å². The van der Waals surface area contributed by atoms with E-state index in [4.69, 9.17) is 4.74 Å². The molecule has 0 aliphatic carbocycles. The van der Waals surface area contributed by atoms with E-state index in [-0.39, 0.29) is 0 Å². The average Bonchev–Trinajstić information content (AvgIpc) is 2.85.